The van der Waals surface area contributed by atoms with E-state index in [4.69, 9.17) is 19.9 Å². The molecule has 2 fully saturated rings. The Balaban J connectivity index is 1.83. The fourth-order valence-electron chi connectivity index (χ4n) is 4.60. The van der Waals surface area contributed by atoms with Gasteiger partial charge in [0, 0.05) is 6.54 Å². The van der Waals surface area contributed by atoms with Crippen LogP contribution < -0.4 is 5.73 Å². The molecule has 2 heterocycles. The Labute approximate surface area is 212 Å². The number of nitrogens with zero attached hydrogens (tertiary/aromatic N) is 1. The van der Waals surface area contributed by atoms with E-state index in [1.807, 2.05) is 0 Å². The second-order valence-electron chi connectivity index (χ2n) is 9.82. The summed E-state index contributed by atoms with van der Waals surface area (Å²) >= 11 is 0. The van der Waals surface area contributed by atoms with Gasteiger partial charge in [-0.05, 0) is 52.1 Å². The SMILES string of the molecule is C[C@@H]1O[C@@H](CCCN(CCCCCC(N)O)CCO[C@H]2O[C@H](CO)[C@@H](O)[C@H](O)[C@H]2O)[C@@H](O)[C@H](O)[C@@H]1O. The topological polar surface area (TPSA) is 219 Å². The Bertz CT molecular complexity index is 602. The lowest BCUT2D eigenvalue weighted by atomic mass is 9.93. The van der Waals surface area contributed by atoms with Gasteiger partial charge < -0.3 is 65.7 Å². The first-order chi connectivity index (χ1) is 17.1. The van der Waals surface area contributed by atoms with Crippen molar-refractivity contribution < 1.29 is 55.1 Å². The van der Waals surface area contributed by atoms with Crippen molar-refractivity contribution in [2.45, 2.75) is 113 Å². The van der Waals surface area contributed by atoms with Gasteiger partial charge in [-0.15, -0.1) is 0 Å². The molecule has 10 N–H and O–H groups in total. The Hall–Kier alpha value is -0.520. The van der Waals surface area contributed by atoms with Gasteiger partial charge in [0.05, 0.1) is 25.4 Å². The summed E-state index contributed by atoms with van der Waals surface area (Å²) < 4.78 is 16.7. The van der Waals surface area contributed by atoms with Crippen LogP contribution in [0.2, 0.25) is 0 Å². The maximum Gasteiger partial charge on any atom is 0.186 e. The van der Waals surface area contributed by atoms with E-state index >= 15 is 0 Å². The first-order valence-corrected chi connectivity index (χ1v) is 12.8. The van der Waals surface area contributed by atoms with E-state index in [1.165, 1.54) is 0 Å². The summed E-state index contributed by atoms with van der Waals surface area (Å²) in [6.45, 7) is 3.05. The number of unbranched alkanes of at least 4 members (excludes halogenated alkanes) is 2. The van der Waals surface area contributed by atoms with Crippen molar-refractivity contribution in [2.24, 2.45) is 5.73 Å². The molecule has 13 nitrogen and oxygen atoms in total. The van der Waals surface area contributed by atoms with Gasteiger partial charge in [0.15, 0.2) is 6.29 Å². The van der Waals surface area contributed by atoms with Crippen LogP contribution in [0.1, 0.15) is 45.4 Å². The number of aliphatic hydroxyl groups excluding tert-OH is 8. The van der Waals surface area contributed by atoms with E-state index in [-0.39, 0.29) is 6.61 Å². The molecule has 2 saturated heterocycles. The van der Waals surface area contributed by atoms with Crippen LogP contribution in [-0.4, -0.2) is 146 Å². The van der Waals surface area contributed by atoms with Gasteiger partial charge in [-0.25, -0.2) is 0 Å². The summed E-state index contributed by atoms with van der Waals surface area (Å²) in [5.74, 6) is 0. The number of nitrogens with two attached hydrogens (primary N) is 1. The maximum atomic E-state index is 10.2. The van der Waals surface area contributed by atoms with Crippen molar-refractivity contribution >= 4 is 0 Å². The molecule has 13 heteroatoms. The van der Waals surface area contributed by atoms with Crippen molar-refractivity contribution in [3.8, 4) is 0 Å². The summed E-state index contributed by atoms with van der Waals surface area (Å²) in [6.07, 6.45) is -8.14. The average Bonchev–Trinajstić information content (AvgIpc) is 2.84. The third-order valence-corrected chi connectivity index (χ3v) is 6.93. The minimum atomic E-state index is -1.51. The Morgan fingerprint density at radius 2 is 1.42 bits per heavy atom. The molecule has 0 spiro atoms. The fraction of sp³-hybridized carbons (Fsp3) is 1.00. The molecule has 36 heavy (non-hydrogen) atoms. The van der Waals surface area contributed by atoms with Crippen LogP contribution in [-0.2, 0) is 14.2 Å². The maximum absolute atomic E-state index is 10.2. The lowest BCUT2D eigenvalue weighted by Crippen LogP contribution is -2.59. The molecule has 0 saturated carbocycles. The third-order valence-electron chi connectivity index (χ3n) is 6.93. The van der Waals surface area contributed by atoms with Crippen molar-refractivity contribution in [1.82, 2.24) is 4.90 Å². The van der Waals surface area contributed by atoms with E-state index in [0.29, 0.717) is 38.9 Å². The van der Waals surface area contributed by atoms with Gasteiger partial charge in [-0.2, -0.15) is 0 Å². The highest BCUT2D eigenvalue weighted by Crippen LogP contribution is 2.24. The average molecular weight is 527 g/mol. The highest BCUT2D eigenvalue weighted by molar-refractivity contribution is 4.91. The van der Waals surface area contributed by atoms with Crippen LogP contribution in [0.25, 0.3) is 0 Å². The normalized spacial score (nSPS) is 38.4. The van der Waals surface area contributed by atoms with E-state index < -0.39 is 74.1 Å². The smallest absolute Gasteiger partial charge is 0.186 e. The quantitative estimate of drug-likeness (QED) is 0.0751. The molecule has 0 radical (unpaired) electrons. The zero-order valence-corrected chi connectivity index (χ0v) is 21.0. The monoisotopic (exact) mass is 526 g/mol. The van der Waals surface area contributed by atoms with Gasteiger partial charge >= 0.3 is 0 Å². The molecule has 0 aliphatic carbocycles. The lowest BCUT2D eigenvalue weighted by Gasteiger charge is -2.40. The first-order valence-electron chi connectivity index (χ1n) is 12.8. The first kappa shape index (κ1) is 31.7. The van der Waals surface area contributed by atoms with Gasteiger partial charge in [0.2, 0.25) is 0 Å². The molecule has 1 unspecified atom stereocenters. The number of rotatable bonds is 15. The summed E-state index contributed by atoms with van der Waals surface area (Å²) in [7, 11) is 0. The standard InChI is InChI=1S/C23H46N2O11/c1-13-17(28)20(31)18(29)14(35-13)6-5-9-25(8-4-2-3-7-16(24)27)10-11-34-23-22(33)21(32)19(30)15(12-26)36-23/h13-23,26-33H,2-12,24H2,1H3/t13-,14-,15+,16?,17+,18+,19+,20+,21-,22+,23-/m0/s1. The molecule has 0 aromatic heterocycles. The molecule has 2 rings (SSSR count). The van der Waals surface area contributed by atoms with E-state index in [2.05, 4.69) is 4.90 Å². The molecule has 2 aliphatic heterocycles. The van der Waals surface area contributed by atoms with Crippen LogP contribution >= 0.6 is 0 Å². The van der Waals surface area contributed by atoms with Crippen molar-refractivity contribution in [1.29, 1.82) is 0 Å². The molecule has 0 aromatic rings. The summed E-state index contributed by atoms with van der Waals surface area (Å²) in [5.41, 5.74) is 5.38. The number of hydrogen-bond donors (Lipinski definition) is 9. The van der Waals surface area contributed by atoms with Gasteiger partial charge in [-0.1, -0.05) is 6.42 Å². The second kappa shape index (κ2) is 15.8. The zero-order valence-electron chi connectivity index (χ0n) is 21.0. The van der Waals surface area contributed by atoms with Crippen molar-refractivity contribution in [3.63, 3.8) is 0 Å². The van der Waals surface area contributed by atoms with Crippen molar-refractivity contribution in [2.75, 3.05) is 32.8 Å². The van der Waals surface area contributed by atoms with Crippen LogP contribution in [0.4, 0.5) is 0 Å². The summed E-state index contributed by atoms with van der Waals surface area (Å²) in [4.78, 5) is 2.12. The summed E-state index contributed by atoms with van der Waals surface area (Å²) in [6, 6.07) is 0. The predicted molar refractivity (Wildman–Crippen MR) is 126 cm³/mol. The summed E-state index contributed by atoms with van der Waals surface area (Å²) in [5, 5.41) is 78.6. The Morgan fingerprint density at radius 1 is 0.778 bits per heavy atom. The lowest BCUT2D eigenvalue weighted by molar-refractivity contribution is -0.301. The third kappa shape index (κ3) is 9.34. The molecule has 0 bridgehead atoms. The highest BCUT2D eigenvalue weighted by Gasteiger charge is 2.44. The van der Waals surface area contributed by atoms with Crippen LogP contribution in [0.15, 0.2) is 0 Å². The van der Waals surface area contributed by atoms with E-state index in [1.54, 1.807) is 6.92 Å². The molecular weight excluding hydrogens is 480 g/mol. The molecule has 0 aromatic carbocycles. The zero-order chi connectivity index (χ0) is 26.8. The van der Waals surface area contributed by atoms with Gasteiger partial charge in [0.25, 0.3) is 0 Å². The fourth-order valence-corrected chi connectivity index (χ4v) is 4.60. The minimum absolute atomic E-state index is 0.148. The van der Waals surface area contributed by atoms with Gasteiger partial charge in [-0.3, -0.25) is 0 Å². The molecule has 214 valence electrons. The van der Waals surface area contributed by atoms with Crippen LogP contribution in [0.3, 0.4) is 0 Å². The number of ether oxygens (including phenoxy) is 3. The van der Waals surface area contributed by atoms with E-state index in [9.17, 15) is 40.9 Å². The molecule has 0 amide bonds. The molecular formula is C23H46N2O11. The van der Waals surface area contributed by atoms with Crippen molar-refractivity contribution in [3.05, 3.63) is 0 Å². The number of hydrogen-bond acceptors (Lipinski definition) is 13. The second-order valence-corrected chi connectivity index (χ2v) is 9.82. The van der Waals surface area contributed by atoms with Crippen LogP contribution in [0, 0.1) is 0 Å². The minimum Gasteiger partial charge on any atom is -0.394 e. The van der Waals surface area contributed by atoms with Crippen LogP contribution in [0.5, 0.6) is 0 Å². The molecule has 11 atom stereocenters. The van der Waals surface area contributed by atoms with E-state index in [0.717, 1.165) is 19.3 Å². The number of aliphatic hydroxyl groups is 8. The Morgan fingerprint density at radius 3 is 2.08 bits per heavy atom. The highest BCUT2D eigenvalue weighted by atomic mass is 16.7. The predicted octanol–water partition coefficient (Wildman–Crippen LogP) is -3.41. The Kier molecular flexibility index (Phi) is 13.9. The van der Waals surface area contributed by atoms with Gasteiger partial charge in [0.1, 0.15) is 49.0 Å². The molecule has 2 aliphatic rings. The largest absolute Gasteiger partial charge is 0.394 e.